The number of hydrogen-bond acceptors (Lipinski definition) is 4. The average molecular weight is 398 g/mol. The lowest BCUT2D eigenvalue weighted by molar-refractivity contribution is -0.143. The maximum absolute atomic E-state index is 12.2. The second-order valence-electron chi connectivity index (χ2n) is 7.21. The van der Waals surface area contributed by atoms with Gasteiger partial charge in [-0.05, 0) is 57.5 Å². The van der Waals surface area contributed by atoms with Crippen molar-refractivity contribution in [3.8, 4) is 5.75 Å². The van der Waals surface area contributed by atoms with Gasteiger partial charge in [-0.1, -0.05) is 0 Å². The van der Waals surface area contributed by atoms with E-state index >= 15 is 0 Å². The van der Waals surface area contributed by atoms with Gasteiger partial charge in [-0.3, -0.25) is 9.69 Å². The minimum Gasteiger partial charge on any atom is -0.484 e. The van der Waals surface area contributed by atoms with Crippen LogP contribution in [0.1, 0.15) is 30.6 Å². The molecular weight excluding hydrogens is 373 g/mol. The van der Waals surface area contributed by atoms with Crippen molar-refractivity contribution in [2.45, 2.75) is 38.3 Å². The molecule has 0 atom stereocenters. The fraction of sp³-hybridized carbons (Fsp3) is 0.550. The number of furan rings is 1. The summed E-state index contributed by atoms with van der Waals surface area (Å²) in [4.78, 5) is 13.1. The Morgan fingerprint density at radius 3 is 2.86 bits per heavy atom. The second kappa shape index (κ2) is 8.86. The zero-order valence-corrected chi connectivity index (χ0v) is 15.9. The quantitative estimate of drug-likeness (QED) is 0.689. The maximum atomic E-state index is 12.2. The van der Waals surface area contributed by atoms with E-state index in [2.05, 4.69) is 5.32 Å². The lowest BCUT2D eigenvalue weighted by Crippen LogP contribution is -2.34. The molecule has 0 aliphatic heterocycles. The third-order valence-corrected chi connectivity index (χ3v) is 4.78. The van der Waals surface area contributed by atoms with Crippen molar-refractivity contribution in [3.63, 3.8) is 0 Å². The van der Waals surface area contributed by atoms with Gasteiger partial charge in [-0.25, -0.2) is 0 Å². The molecule has 0 unspecified atom stereocenters. The van der Waals surface area contributed by atoms with E-state index in [0.717, 1.165) is 42.4 Å². The highest BCUT2D eigenvalue weighted by molar-refractivity contribution is 5.84. The normalized spacial score (nSPS) is 14.3. The van der Waals surface area contributed by atoms with Gasteiger partial charge in [0.1, 0.15) is 17.1 Å². The number of nitrogens with zero attached hydrogens (tertiary/aromatic N) is 1. The van der Waals surface area contributed by atoms with Crippen LogP contribution in [0.3, 0.4) is 0 Å². The van der Waals surface area contributed by atoms with E-state index in [0.29, 0.717) is 18.7 Å². The Kier molecular flexibility index (Phi) is 6.49. The molecule has 28 heavy (non-hydrogen) atoms. The number of amides is 1. The van der Waals surface area contributed by atoms with Gasteiger partial charge in [-0.2, -0.15) is 13.2 Å². The molecule has 3 rings (SSSR count). The third-order valence-electron chi connectivity index (χ3n) is 4.78. The molecule has 1 aromatic heterocycles. The Morgan fingerprint density at radius 2 is 2.07 bits per heavy atom. The minimum atomic E-state index is -4.21. The molecule has 0 bridgehead atoms. The molecule has 1 heterocycles. The van der Waals surface area contributed by atoms with Crippen LogP contribution in [0.2, 0.25) is 0 Å². The summed E-state index contributed by atoms with van der Waals surface area (Å²) in [7, 11) is 1.41. The topological polar surface area (TPSA) is 54.7 Å². The number of carbonyl (C=O) groups excluding carboxylic acids is 1. The summed E-state index contributed by atoms with van der Waals surface area (Å²) >= 11 is 0. The fourth-order valence-corrected chi connectivity index (χ4v) is 3.49. The third kappa shape index (κ3) is 5.64. The lowest BCUT2D eigenvalue weighted by atomic mass is 9.96. The van der Waals surface area contributed by atoms with E-state index in [-0.39, 0.29) is 19.1 Å². The molecule has 8 heteroatoms. The van der Waals surface area contributed by atoms with Crippen LogP contribution in [-0.4, -0.2) is 50.3 Å². The summed E-state index contributed by atoms with van der Waals surface area (Å²) in [6.07, 6.45) is 0.470. The molecule has 0 saturated carbocycles. The first kappa shape index (κ1) is 20.5. The van der Waals surface area contributed by atoms with Crippen molar-refractivity contribution in [2.75, 3.05) is 33.3 Å². The molecule has 154 valence electrons. The predicted octanol–water partition coefficient (Wildman–Crippen LogP) is 3.69. The number of rotatable bonds is 8. The summed E-state index contributed by atoms with van der Waals surface area (Å²) in [6.45, 7) is -0.532. The van der Waals surface area contributed by atoms with Crippen molar-refractivity contribution in [3.05, 3.63) is 29.5 Å². The maximum Gasteiger partial charge on any atom is 0.401 e. The lowest BCUT2D eigenvalue weighted by Gasteiger charge is -2.18. The van der Waals surface area contributed by atoms with Crippen LogP contribution in [0.5, 0.6) is 5.75 Å². The molecule has 5 nitrogen and oxygen atoms in total. The van der Waals surface area contributed by atoms with E-state index in [1.54, 1.807) is 6.07 Å². The number of alkyl halides is 3. The molecule has 1 amide bonds. The Bertz CT molecular complexity index is 817. The van der Waals surface area contributed by atoms with Crippen molar-refractivity contribution < 1.29 is 27.1 Å². The van der Waals surface area contributed by atoms with Crippen LogP contribution in [-0.2, 0) is 17.6 Å². The molecule has 0 radical (unpaired) electrons. The molecule has 0 saturated heterocycles. The van der Waals surface area contributed by atoms with E-state index < -0.39 is 12.7 Å². The second-order valence-corrected chi connectivity index (χ2v) is 7.21. The Hall–Kier alpha value is -2.22. The monoisotopic (exact) mass is 398 g/mol. The zero-order chi connectivity index (χ0) is 20.1. The minimum absolute atomic E-state index is 0.135. The highest BCUT2D eigenvalue weighted by atomic mass is 19.4. The van der Waals surface area contributed by atoms with E-state index in [1.807, 2.05) is 12.1 Å². The molecular formula is C20H25F3N2O3. The Labute approximate surface area is 161 Å². The molecule has 0 fully saturated rings. The molecule has 2 aromatic rings. The van der Waals surface area contributed by atoms with E-state index in [1.165, 1.54) is 17.5 Å². The first-order valence-electron chi connectivity index (χ1n) is 9.51. The van der Waals surface area contributed by atoms with Crippen molar-refractivity contribution in [1.82, 2.24) is 10.2 Å². The molecule has 0 spiro atoms. The highest BCUT2D eigenvalue weighted by Crippen LogP contribution is 2.33. The van der Waals surface area contributed by atoms with Crippen molar-refractivity contribution in [2.24, 2.45) is 0 Å². The van der Waals surface area contributed by atoms with Gasteiger partial charge in [0.15, 0.2) is 6.61 Å². The number of benzene rings is 1. The van der Waals surface area contributed by atoms with Crippen LogP contribution in [0.25, 0.3) is 11.0 Å². The predicted molar refractivity (Wildman–Crippen MR) is 99.5 cm³/mol. The first-order valence-corrected chi connectivity index (χ1v) is 9.51. The molecule has 1 N–H and O–H groups in total. The SMILES string of the molecule is CN(CCCNC(=O)COc1ccc2oc3c(c2c1)CCCC3)CC(F)(F)F. The summed E-state index contributed by atoms with van der Waals surface area (Å²) in [5.41, 5.74) is 2.07. The number of ether oxygens (including phenoxy) is 1. The average Bonchev–Trinajstić information content (AvgIpc) is 3.00. The van der Waals surface area contributed by atoms with Crippen molar-refractivity contribution >= 4 is 16.9 Å². The van der Waals surface area contributed by atoms with Gasteiger partial charge in [0.25, 0.3) is 5.91 Å². The summed E-state index contributed by atoms with van der Waals surface area (Å²) in [6, 6.07) is 5.54. The van der Waals surface area contributed by atoms with Gasteiger partial charge in [0.2, 0.25) is 0 Å². The van der Waals surface area contributed by atoms with Gasteiger partial charge in [-0.15, -0.1) is 0 Å². The number of carbonyl (C=O) groups is 1. The van der Waals surface area contributed by atoms with Crippen LogP contribution >= 0.6 is 0 Å². The van der Waals surface area contributed by atoms with Gasteiger partial charge >= 0.3 is 6.18 Å². The first-order chi connectivity index (χ1) is 13.3. The van der Waals surface area contributed by atoms with E-state index in [9.17, 15) is 18.0 Å². The Balaban J connectivity index is 1.42. The zero-order valence-electron chi connectivity index (χ0n) is 15.9. The van der Waals surface area contributed by atoms with Gasteiger partial charge < -0.3 is 14.5 Å². The van der Waals surface area contributed by atoms with Crippen LogP contribution in [0, 0.1) is 0 Å². The van der Waals surface area contributed by atoms with E-state index in [4.69, 9.17) is 9.15 Å². The molecule has 1 aromatic carbocycles. The number of aryl methyl sites for hydroxylation is 2. The van der Waals surface area contributed by atoms with Gasteiger partial charge in [0.05, 0.1) is 6.54 Å². The number of fused-ring (bicyclic) bond motifs is 3. The highest BCUT2D eigenvalue weighted by Gasteiger charge is 2.28. The summed E-state index contributed by atoms with van der Waals surface area (Å²) in [5.74, 6) is 1.35. The Morgan fingerprint density at radius 1 is 1.29 bits per heavy atom. The smallest absolute Gasteiger partial charge is 0.401 e. The van der Waals surface area contributed by atoms with Gasteiger partial charge in [0, 0.05) is 23.9 Å². The number of nitrogens with one attached hydrogen (secondary N) is 1. The van der Waals surface area contributed by atoms with Crippen LogP contribution in [0.4, 0.5) is 13.2 Å². The fourth-order valence-electron chi connectivity index (χ4n) is 3.49. The largest absolute Gasteiger partial charge is 0.484 e. The summed E-state index contributed by atoms with van der Waals surface area (Å²) < 4.78 is 48.2. The van der Waals surface area contributed by atoms with Crippen molar-refractivity contribution in [1.29, 1.82) is 0 Å². The standard InChI is InChI=1S/C20H25F3N2O3/c1-25(13-20(21,22)23)10-4-9-24-19(26)12-27-14-7-8-18-16(11-14)15-5-2-3-6-17(15)28-18/h7-8,11H,2-6,9-10,12-13H2,1H3,(H,24,26). The summed E-state index contributed by atoms with van der Waals surface area (Å²) in [5, 5.41) is 3.70. The van der Waals surface area contributed by atoms with Crippen LogP contribution < -0.4 is 10.1 Å². The molecule has 1 aliphatic carbocycles. The molecule has 1 aliphatic rings. The number of halogens is 3. The number of hydrogen-bond donors (Lipinski definition) is 1. The van der Waals surface area contributed by atoms with Crippen LogP contribution in [0.15, 0.2) is 22.6 Å².